The van der Waals surface area contributed by atoms with E-state index in [1.54, 1.807) is 35.4 Å². The van der Waals surface area contributed by atoms with Gasteiger partial charge in [-0.1, -0.05) is 35.9 Å². The number of ether oxygens (including phenoxy) is 1. The summed E-state index contributed by atoms with van der Waals surface area (Å²) in [4.78, 5) is 55.2. The summed E-state index contributed by atoms with van der Waals surface area (Å²) >= 11 is 5.93. The van der Waals surface area contributed by atoms with E-state index < -0.39 is 46.6 Å². The number of carbonyl (C=O) groups excluding carboxylic acids is 3. The third kappa shape index (κ3) is 3.83. The minimum Gasteiger partial charge on any atom is -0.497 e. The number of methoxy groups -OCH3 is 1. The molecule has 1 N–H and O–H groups in total. The second kappa shape index (κ2) is 9.25. The molecule has 4 atom stereocenters. The van der Waals surface area contributed by atoms with Crippen molar-refractivity contribution in [1.82, 2.24) is 4.90 Å². The Hall–Kier alpha value is -4.70. The molecule has 0 saturated carbocycles. The van der Waals surface area contributed by atoms with Crippen molar-refractivity contribution in [3.63, 3.8) is 0 Å². The van der Waals surface area contributed by atoms with Crippen molar-refractivity contribution in [1.29, 1.82) is 0 Å². The quantitative estimate of drug-likeness (QED) is 0.287. The first-order chi connectivity index (χ1) is 18.8. The molecule has 196 valence electrons. The Labute approximate surface area is 227 Å². The molecular formula is C28H21ClN4O6. The first-order valence-corrected chi connectivity index (χ1v) is 12.5. The summed E-state index contributed by atoms with van der Waals surface area (Å²) in [6.07, 6.45) is 3.58. The Morgan fingerprint density at radius 2 is 1.74 bits per heavy atom. The van der Waals surface area contributed by atoms with E-state index in [9.17, 15) is 24.5 Å². The number of anilines is 2. The fourth-order valence-corrected chi connectivity index (χ4v) is 5.98. The number of nitro benzene ring substituents is 1. The van der Waals surface area contributed by atoms with Crippen LogP contribution in [-0.2, 0) is 14.4 Å². The van der Waals surface area contributed by atoms with Gasteiger partial charge in [0.15, 0.2) is 0 Å². The van der Waals surface area contributed by atoms with Crippen LogP contribution in [0.4, 0.5) is 17.1 Å². The molecule has 0 aromatic heterocycles. The molecule has 6 rings (SSSR count). The van der Waals surface area contributed by atoms with Gasteiger partial charge in [-0.25, -0.2) is 4.90 Å². The van der Waals surface area contributed by atoms with E-state index in [-0.39, 0.29) is 16.4 Å². The molecule has 10 nitrogen and oxygen atoms in total. The maximum absolute atomic E-state index is 13.9. The fourth-order valence-electron chi connectivity index (χ4n) is 5.79. The van der Waals surface area contributed by atoms with Crippen LogP contribution in [0.1, 0.15) is 17.2 Å². The van der Waals surface area contributed by atoms with Crippen LogP contribution in [0.15, 0.2) is 72.9 Å². The number of amides is 3. The van der Waals surface area contributed by atoms with Crippen molar-refractivity contribution in [2.45, 2.75) is 12.1 Å². The van der Waals surface area contributed by atoms with Gasteiger partial charge in [-0.15, -0.1) is 0 Å². The van der Waals surface area contributed by atoms with E-state index in [0.29, 0.717) is 11.4 Å². The smallest absolute Gasteiger partial charge is 0.289 e. The summed E-state index contributed by atoms with van der Waals surface area (Å²) < 4.78 is 5.20. The number of fused-ring (bicyclic) bond motifs is 5. The Morgan fingerprint density at radius 1 is 1.03 bits per heavy atom. The van der Waals surface area contributed by atoms with Gasteiger partial charge in [-0.2, -0.15) is 0 Å². The molecule has 3 aliphatic heterocycles. The predicted octanol–water partition coefficient (Wildman–Crippen LogP) is 4.41. The molecular weight excluding hydrogens is 524 g/mol. The zero-order valence-electron chi connectivity index (χ0n) is 20.5. The summed E-state index contributed by atoms with van der Waals surface area (Å²) in [5, 5.41) is 14.0. The van der Waals surface area contributed by atoms with E-state index in [2.05, 4.69) is 5.32 Å². The number of hydrogen-bond donors (Lipinski definition) is 1. The van der Waals surface area contributed by atoms with Crippen LogP contribution in [0, 0.1) is 22.0 Å². The van der Waals surface area contributed by atoms with Crippen LogP contribution in [0.3, 0.4) is 0 Å². The van der Waals surface area contributed by atoms with Crippen molar-refractivity contribution in [2.75, 3.05) is 17.3 Å². The zero-order valence-corrected chi connectivity index (χ0v) is 21.2. The van der Waals surface area contributed by atoms with E-state index in [4.69, 9.17) is 16.3 Å². The van der Waals surface area contributed by atoms with Gasteiger partial charge in [-0.3, -0.25) is 24.5 Å². The summed E-state index contributed by atoms with van der Waals surface area (Å²) in [5.74, 6) is -2.68. The lowest BCUT2D eigenvalue weighted by molar-refractivity contribution is -0.384. The molecule has 39 heavy (non-hydrogen) atoms. The Bertz CT molecular complexity index is 1570. The van der Waals surface area contributed by atoms with E-state index >= 15 is 0 Å². The van der Waals surface area contributed by atoms with Gasteiger partial charge < -0.3 is 15.0 Å². The van der Waals surface area contributed by atoms with Crippen LogP contribution in [0.2, 0.25) is 5.02 Å². The number of rotatable bonds is 5. The number of hydrogen-bond acceptors (Lipinski definition) is 7. The number of nitrogens with one attached hydrogen (secondary N) is 1. The molecule has 3 amide bonds. The van der Waals surface area contributed by atoms with Crippen LogP contribution in [0.5, 0.6) is 5.75 Å². The standard InChI is InChI=1S/C28H21ClN4O6/c1-39-18-9-7-17(8-10-18)32-27(35)22-23(28(32)36)25(31-13-12-15-4-2-3-5-19(15)24(22)31)26(34)30-16-6-11-20(29)21(14-16)33(37)38/h2-14,22-25H,1H3,(H,30,34)/t22-,23+,24-,25-/m0/s1. The summed E-state index contributed by atoms with van der Waals surface area (Å²) in [5.41, 5.74) is 1.92. The highest BCUT2D eigenvalue weighted by molar-refractivity contribution is 6.32. The summed E-state index contributed by atoms with van der Waals surface area (Å²) in [6.45, 7) is 0. The lowest BCUT2D eigenvalue weighted by Crippen LogP contribution is -2.46. The highest BCUT2D eigenvalue weighted by Gasteiger charge is 2.64. The lowest BCUT2D eigenvalue weighted by Gasteiger charge is -2.35. The normalized spacial score (nSPS) is 22.8. The third-order valence-electron chi connectivity index (χ3n) is 7.47. The summed E-state index contributed by atoms with van der Waals surface area (Å²) in [6, 6.07) is 16.5. The fraction of sp³-hybridized carbons (Fsp3) is 0.179. The first-order valence-electron chi connectivity index (χ1n) is 12.1. The van der Waals surface area contributed by atoms with Crippen molar-refractivity contribution in [2.24, 2.45) is 11.8 Å². The van der Waals surface area contributed by atoms with Crippen molar-refractivity contribution in [3.05, 3.63) is 99.2 Å². The lowest BCUT2D eigenvalue weighted by atomic mass is 9.84. The zero-order chi connectivity index (χ0) is 27.4. The van der Waals surface area contributed by atoms with Crippen LogP contribution >= 0.6 is 11.6 Å². The molecule has 0 aliphatic carbocycles. The Kier molecular flexibility index (Phi) is 5.84. The number of nitrogens with zero attached hydrogens (tertiary/aromatic N) is 3. The molecule has 3 heterocycles. The minimum absolute atomic E-state index is 0.0683. The van der Waals surface area contributed by atoms with E-state index in [0.717, 1.165) is 22.1 Å². The second-order valence-corrected chi connectivity index (χ2v) is 9.86. The van der Waals surface area contributed by atoms with Crippen LogP contribution in [0.25, 0.3) is 6.08 Å². The first kappa shape index (κ1) is 24.6. The average Bonchev–Trinajstić information content (AvgIpc) is 3.42. The molecule has 3 aliphatic rings. The van der Waals surface area contributed by atoms with Crippen molar-refractivity contribution < 1.29 is 24.0 Å². The topological polar surface area (TPSA) is 122 Å². The highest BCUT2D eigenvalue weighted by atomic mass is 35.5. The van der Waals surface area contributed by atoms with Gasteiger partial charge in [0.25, 0.3) is 5.69 Å². The summed E-state index contributed by atoms with van der Waals surface area (Å²) in [7, 11) is 1.52. The molecule has 0 spiro atoms. The van der Waals surface area contributed by atoms with E-state index in [1.165, 1.54) is 19.2 Å². The van der Waals surface area contributed by atoms with Gasteiger partial charge >= 0.3 is 0 Å². The van der Waals surface area contributed by atoms with Gasteiger partial charge in [0.05, 0.1) is 35.6 Å². The Morgan fingerprint density at radius 3 is 2.46 bits per heavy atom. The van der Waals surface area contributed by atoms with Crippen LogP contribution < -0.4 is 15.0 Å². The van der Waals surface area contributed by atoms with Crippen LogP contribution in [-0.4, -0.2) is 40.7 Å². The van der Waals surface area contributed by atoms with Gasteiger partial charge in [0, 0.05) is 18.0 Å². The monoisotopic (exact) mass is 544 g/mol. The van der Waals surface area contributed by atoms with Crippen molar-refractivity contribution in [3.8, 4) is 5.75 Å². The number of halogens is 1. The average molecular weight is 545 g/mol. The SMILES string of the molecule is COc1ccc(N2C(=O)[C@@H]3[C@H](C2=O)[C@@H]2c4ccccc4C=CN2[C@@H]3C(=O)Nc2ccc(Cl)c([N+](=O)[O-])c2)cc1. The van der Waals surface area contributed by atoms with Gasteiger partial charge in [0.1, 0.15) is 16.8 Å². The molecule has 0 radical (unpaired) electrons. The van der Waals surface area contributed by atoms with Gasteiger partial charge in [-0.05, 0) is 53.6 Å². The maximum atomic E-state index is 13.9. The largest absolute Gasteiger partial charge is 0.497 e. The maximum Gasteiger partial charge on any atom is 0.289 e. The number of nitro groups is 1. The molecule has 3 aromatic rings. The Balaban J connectivity index is 1.41. The second-order valence-electron chi connectivity index (χ2n) is 9.46. The molecule has 3 aromatic carbocycles. The van der Waals surface area contributed by atoms with Crippen molar-refractivity contribution >= 4 is 52.5 Å². The molecule has 2 saturated heterocycles. The van der Waals surface area contributed by atoms with Gasteiger partial charge in [0.2, 0.25) is 17.7 Å². The predicted molar refractivity (Wildman–Crippen MR) is 143 cm³/mol. The number of carbonyl (C=O) groups is 3. The molecule has 11 heteroatoms. The van der Waals surface area contributed by atoms with E-state index in [1.807, 2.05) is 30.3 Å². The third-order valence-corrected chi connectivity index (χ3v) is 7.79. The molecule has 2 fully saturated rings. The number of benzene rings is 3. The minimum atomic E-state index is -1.04. The highest BCUT2D eigenvalue weighted by Crippen LogP contribution is 2.53. The molecule has 0 bridgehead atoms. The molecule has 0 unspecified atom stereocenters. The number of imide groups is 1.